The van der Waals surface area contributed by atoms with Gasteiger partial charge >= 0.3 is 0 Å². The molecule has 1 saturated heterocycles. The van der Waals surface area contributed by atoms with Crippen molar-refractivity contribution in [3.05, 3.63) is 42.2 Å². The first-order chi connectivity index (χ1) is 12.6. The number of nitrogens with zero attached hydrogens (tertiary/aromatic N) is 3. The normalized spacial score (nSPS) is 19.4. The minimum absolute atomic E-state index is 0. The van der Waals surface area contributed by atoms with Crippen LogP contribution in [0.4, 0.5) is 0 Å². The quantitative estimate of drug-likeness (QED) is 0.361. The topological polar surface area (TPSA) is 63.5 Å². The van der Waals surface area contributed by atoms with Crippen LogP contribution < -0.4 is 15.4 Å². The minimum atomic E-state index is 0. The average Bonchev–Trinajstić information content (AvgIpc) is 3.32. The van der Waals surface area contributed by atoms with Crippen molar-refractivity contribution < 1.29 is 4.74 Å². The molecule has 0 bridgehead atoms. The van der Waals surface area contributed by atoms with Crippen molar-refractivity contribution in [2.24, 2.45) is 4.99 Å². The maximum Gasteiger partial charge on any atom is 0.191 e. The molecule has 2 heterocycles. The molecule has 27 heavy (non-hydrogen) atoms. The number of aliphatic imine (C=N–C) groups is 1. The Hall–Kier alpha value is -1.42. The van der Waals surface area contributed by atoms with Crippen LogP contribution in [0.15, 0.2) is 41.5 Å². The molecule has 2 N–H and O–H groups in total. The first-order valence-electron chi connectivity index (χ1n) is 8.89. The van der Waals surface area contributed by atoms with E-state index < -0.39 is 0 Å². The number of rotatable bonds is 6. The molecule has 0 amide bonds. The Morgan fingerprint density at radius 3 is 2.70 bits per heavy atom. The predicted octanol–water partition coefficient (Wildman–Crippen LogP) is 3.45. The molecule has 3 rings (SSSR count). The maximum absolute atomic E-state index is 5.19. The van der Waals surface area contributed by atoms with E-state index in [1.807, 2.05) is 53.0 Å². The number of nitrogens with one attached hydrogen (secondary N) is 2. The number of hydrogen-bond acceptors (Lipinski definition) is 4. The summed E-state index contributed by atoms with van der Waals surface area (Å²) >= 11 is 2.05. The molecule has 0 radical (unpaired) electrons. The molecule has 148 valence electrons. The molecule has 2 aromatic rings. The third kappa shape index (κ3) is 6.03. The van der Waals surface area contributed by atoms with Crippen molar-refractivity contribution in [1.82, 2.24) is 20.4 Å². The zero-order valence-electron chi connectivity index (χ0n) is 16.1. The standard InChI is InChI=1S/C19H27N5OS.HI/c1-19(10-4-12-26-19)14-22-18(20-2)21-13-15-9-11-24(23-15)16-5-7-17(25-3)8-6-16;/h5-9,11H,4,10,12-14H2,1-3H3,(H2,20,21,22);1H. The number of aromatic nitrogens is 2. The highest BCUT2D eigenvalue weighted by molar-refractivity contribution is 14.0. The van der Waals surface area contributed by atoms with Crippen LogP contribution in [0.1, 0.15) is 25.5 Å². The van der Waals surface area contributed by atoms with Crippen molar-refractivity contribution in [3.8, 4) is 11.4 Å². The van der Waals surface area contributed by atoms with Crippen molar-refractivity contribution in [2.45, 2.75) is 31.1 Å². The Balaban J connectivity index is 0.00000261. The minimum Gasteiger partial charge on any atom is -0.497 e. The average molecular weight is 501 g/mol. The highest BCUT2D eigenvalue weighted by Crippen LogP contribution is 2.36. The Morgan fingerprint density at radius 2 is 2.07 bits per heavy atom. The number of hydrogen-bond donors (Lipinski definition) is 2. The molecule has 1 atom stereocenters. The second-order valence-electron chi connectivity index (χ2n) is 6.63. The van der Waals surface area contributed by atoms with Gasteiger partial charge in [-0.1, -0.05) is 0 Å². The van der Waals surface area contributed by atoms with Gasteiger partial charge in [0.25, 0.3) is 0 Å². The van der Waals surface area contributed by atoms with Gasteiger partial charge in [0.05, 0.1) is 25.0 Å². The molecule has 0 aliphatic carbocycles. The Kier molecular flexibility index (Phi) is 8.28. The SMILES string of the molecule is CN=C(NCc1ccn(-c2ccc(OC)cc2)n1)NCC1(C)CCCS1.I. The van der Waals surface area contributed by atoms with Crippen LogP contribution in [0.5, 0.6) is 5.75 Å². The summed E-state index contributed by atoms with van der Waals surface area (Å²) in [5, 5.41) is 11.4. The first-order valence-corrected chi connectivity index (χ1v) is 9.88. The van der Waals surface area contributed by atoms with E-state index in [4.69, 9.17) is 4.74 Å². The van der Waals surface area contributed by atoms with E-state index in [0.717, 1.165) is 29.6 Å². The molecular formula is C19H28IN5OS. The third-order valence-corrected chi connectivity index (χ3v) is 6.11. The van der Waals surface area contributed by atoms with Gasteiger partial charge in [-0.3, -0.25) is 4.99 Å². The van der Waals surface area contributed by atoms with Gasteiger partial charge in [-0.05, 0) is 55.9 Å². The van der Waals surface area contributed by atoms with E-state index in [9.17, 15) is 0 Å². The van der Waals surface area contributed by atoms with Gasteiger partial charge in [0.1, 0.15) is 5.75 Å². The van der Waals surface area contributed by atoms with E-state index in [1.165, 1.54) is 18.6 Å². The molecule has 1 fully saturated rings. The summed E-state index contributed by atoms with van der Waals surface area (Å²) < 4.78 is 7.37. The van der Waals surface area contributed by atoms with E-state index in [0.29, 0.717) is 11.3 Å². The van der Waals surface area contributed by atoms with Gasteiger partial charge in [0.2, 0.25) is 0 Å². The molecule has 1 unspecified atom stereocenters. The van der Waals surface area contributed by atoms with Gasteiger partial charge in [0, 0.05) is 24.5 Å². The summed E-state index contributed by atoms with van der Waals surface area (Å²) in [4.78, 5) is 4.32. The lowest BCUT2D eigenvalue weighted by atomic mass is 10.1. The van der Waals surface area contributed by atoms with Crippen LogP contribution in [0.3, 0.4) is 0 Å². The lowest BCUT2D eigenvalue weighted by Gasteiger charge is -2.24. The fraction of sp³-hybridized carbons (Fsp3) is 0.474. The number of guanidine groups is 1. The van der Waals surface area contributed by atoms with Gasteiger partial charge in [-0.2, -0.15) is 16.9 Å². The van der Waals surface area contributed by atoms with Crippen molar-refractivity contribution >= 4 is 41.7 Å². The largest absolute Gasteiger partial charge is 0.497 e. The summed E-state index contributed by atoms with van der Waals surface area (Å²) in [7, 11) is 3.47. The molecule has 0 spiro atoms. The van der Waals surface area contributed by atoms with Gasteiger partial charge in [-0.25, -0.2) is 4.68 Å². The van der Waals surface area contributed by atoms with Crippen LogP contribution in [-0.4, -0.2) is 46.9 Å². The second kappa shape index (κ2) is 10.2. The molecule has 1 aromatic heterocycles. The first kappa shape index (κ1) is 21.9. The monoisotopic (exact) mass is 501 g/mol. The molecule has 1 aliphatic rings. The molecule has 6 nitrogen and oxygen atoms in total. The van der Waals surface area contributed by atoms with Crippen molar-refractivity contribution in [3.63, 3.8) is 0 Å². The predicted molar refractivity (Wildman–Crippen MR) is 124 cm³/mol. The zero-order valence-corrected chi connectivity index (χ0v) is 19.2. The van der Waals surface area contributed by atoms with Crippen LogP contribution >= 0.6 is 35.7 Å². The lowest BCUT2D eigenvalue weighted by molar-refractivity contribution is 0.414. The zero-order chi connectivity index (χ0) is 18.4. The molecule has 1 aliphatic heterocycles. The lowest BCUT2D eigenvalue weighted by Crippen LogP contribution is -2.43. The van der Waals surface area contributed by atoms with Crippen molar-refractivity contribution in [1.29, 1.82) is 0 Å². The third-order valence-electron chi connectivity index (χ3n) is 4.57. The Morgan fingerprint density at radius 1 is 1.30 bits per heavy atom. The Labute approximate surface area is 182 Å². The number of ether oxygens (including phenoxy) is 1. The summed E-state index contributed by atoms with van der Waals surface area (Å²) in [6, 6.07) is 9.86. The smallest absolute Gasteiger partial charge is 0.191 e. The molecule has 0 saturated carbocycles. The summed E-state index contributed by atoms with van der Waals surface area (Å²) in [6.07, 6.45) is 4.52. The van der Waals surface area contributed by atoms with E-state index in [1.54, 1.807) is 14.2 Å². The van der Waals surface area contributed by atoms with Crippen LogP contribution in [0, 0.1) is 0 Å². The second-order valence-corrected chi connectivity index (χ2v) is 8.31. The van der Waals surface area contributed by atoms with E-state index in [2.05, 4.69) is 27.6 Å². The number of benzene rings is 1. The summed E-state index contributed by atoms with van der Waals surface area (Å²) in [5.74, 6) is 2.91. The van der Waals surface area contributed by atoms with Gasteiger partial charge < -0.3 is 15.4 Å². The van der Waals surface area contributed by atoms with Gasteiger partial charge in [0.15, 0.2) is 5.96 Å². The number of methoxy groups -OCH3 is 1. The molecule has 1 aromatic carbocycles. The summed E-state index contributed by atoms with van der Waals surface area (Å²) in [6.45, 7) is 3.88. The molecular weight excluding hydrogens is 473 g/mol. The van der Waals surface area contributed by atoms with E-state index >= 15 is 0 Å². The molecule has 8 heteroatoms. The fourth-order valence-corrected chi connectivity index (χ4v) is 4.22. The maximum atomic E-state index is 5.19. The van der Waals surface area contributed by atoms with Crippen molar-refractivity contribution in [2.75, 3.05) is 26.5 Å². The highest BCUT2D eigenvalue weighted by atomic mass is 127. The number of halogens is 1. The Bertz CT molecular complexity index is 741. The van der Waals surface area contributed by atoms with Crippen LogP contribution in [0.25, 0.3) is 5.69 Å². The number of thioether (sulfide) groups is 1. The fourth-order valence-electron chi connectivity index (χ4n) is 2.98. The van der Waals surface area contributed by atoms with Gasteiger partial charge in [-0.15, -0.1) is 24.0 Å². The van der Waals surface area contributed by atoms with Crippen LogP contribution in [-0.2, 0) is 6.54 Å². The highest BCUT2D eigenvalue weighted by Gasteiger charge is 2.29. The van der Waals surface area contributed by atoms with Crippen LogP contribution in [0.2, 0.25) is 0 Å². The van der Waals surface area contributed by atoms with E-state index in [-0.39, 0.29) is 24.0 Å². The summed E-state index contributed by atoms with van der Waals surface area (Å²) in [5.41, 5.74) is 1.97.